The van der Waals surface area contributed by atoms with Gasteiger partial charge in [-0.2, -0.15) is 0 Å². The maximum Gasteiger partial charge on any atom is 0.275 e. The number of benzene rings is 1. The Labute approximate surface area is 108 Å². The van der Waals surface area contributed by atoms with E-state index in [0.29, 0.717) is 6.54 Å². The normalized spacial score (nSPS) is 20.7. The minimum Gasteiger partial charge on any atom is -0.326 e. The van der Waals surface area contributed by atoms with Crippen LogP contribution in [0.2, 0.25) is 0 Å². The fourth-order valence-corrected chi connectivity index (χ4v) is 2.44. The second-order valence-corrected chi connectivity index (χ2v) is 5.23. The Bertz CT molecular complexity index is 439. The number of nitrogens with two attached hydrogens (primary N) is 1. The maximum atomic E-state index is 11.0. The lowest BCUT2D eigenvalue weighted by Crippen LogP contribution is -2.26. The molecule has 1 atom stereocenters. The van der Waals surface area contributed by atoms with Crippen LogP contribution in [0.4, 0.5) is 5.69 Å². The number of hydrogen-bond donors (Lipinski definition) is 1. The number of rotatable bonds is 3. The number of nitro groups is 1. The zero-order valence-electron chi connectivity index (χ0n) is 9.30. The van der Waals surface area contributed by atoms with Crippen molar-refractivity contribution in [1.29, 1.82) is 0 Å². The summed E-state index contributed by atoms with van der Waals surface area (Å²) in [7, 11) is 0. The van der Waals surface area contributed by atoms with E-state index in [4.69, 9.17) is 5.73 Å². The standard InChI is InChI=1S/C11H14BrN3O2/c12-9-2-1-8(11(5-9)15(16)17)6-14-4-3-10(13)7-14/h1-2,5,10H,3-4,6-7,13H2/t10-/m0/s1. The largest absolute Gasteiger partial charge is 0.326 e. The zero-order valence-corrected chi connectivity index (χ0v) is 10.9. The zero-order chi connectivity index (χ0) is 12.4. The van der Waals surface area contributed by atoms with Crippen LogP contribution in [0.5, 0.6) is 0 Å². The molecule has 1 fully saturated rings. The molecule has 0 radical (unpaired) electrons. The average Bonchev–Trinajstić information content (AvgIpc) is 2.66. The van der Waals surface area contributed by atoms with Crippen molar-refractivity contribution in [3.8, 4) is 0 Å². The van der Waals surface area contributed by atoms with Crippen molar-refractivity contribution in [1.82, 2.24) is 4.90 Å². The number of nitrogens with zero attached hydrogens (tertiary/aromatic N) is 2. The van der Waals surface area contributed by atoms with E-state index in [1.807, 2.05) is 6.07 Å². The average molecular weight is 300 g/mol. The second-order valence-electron chi connectivity index (χ2n) is 4.31. The molecule has 0 unspecified atom stereocenters. The molecule has 1 aliphatic rings. The molecule has 0 aliphatic carbocycles. The Morgan fingerprint density at radius 2 is 2.35 bits per heavy atom. The molecule has 1 aromatic rings. The third-order valence-corrected chi connectivity index (χ3v) is 3.44. The van der Waals surface area contributed by atoms with E-state index in [-0.39, 0.29) is 16.7 Å². The van der Waals surface area contributed by atoms with Gasteiger partial charge in [-0.15, -0.1) is 0 Å². The van der Waals surface area contributed by atoms with Crippen LogP contribution >= 0.6 is 15.9 Å². The molecule has 5 nitrogen and oxygen atoms in total. The summed E-state index contributed by atoms with van der Waals surface area (Å²) in [5.41, 5.74) is 6.73. The topological polar surface area (TPSA) is 72.4 Å². The van der Waals surface area contributed by atoms with E-state index in [9.17, 15) is 10.1 Å². The van der Waals surface area contributed by atoms with Gasteiger partial charge in [0, 0.05) is 41.8 Å². The molecule has 1 heterocycles. The quantitative estimate of drug-likeness (QED) is 0.683. The number of halogens is 1. The third-order valence-electron chi connectivity index (χ3n) is 2.95. The molecule has 1 aliphatic heterocycles. The highest BCUT2D eigenvalue weighted by Crippen LogP contribution is 2.25. The molecule has 0 amide bonds. The minimum absolute atomic E-state index is 0.167. The molecular formula is C11H14BrN3O2. The van der Waals surface area contributed by atoms with Gasteiger partial charge in [0.15, 0.2) is 0 Å². The van der Waals surface area contributed by atoms with E-state index >= 15 is 0 Å². The summed E-state index contributed by atoms with van der Waals surface area (Å²) in [6.07, 6.45) is 0.963. The molecule has 1 aromatic carbocycles. The lowest BCUT2D eigenvalue weighted by molar-refractivity contribution is -0.385. The highest BCUT2D eigenvalue weighted by atomic mass is 79.9. The van der Waals surface area contributed by atoms with Crippen molar-refractivity contribution in [2.45, 2.75) is 19.0 Å². The van der Waals surface area contributed by atoms with Crippen LogP contribution in [0.25, 0.3) is 0 Å². The fourth-order valence-electron chi connectivity index (χ4n) is 2.09. The van der Waals surface area contributed by atoms with E-state index in [2.05, 4.69) is 20.8 Å². The first-order valence-corrected chi connectivity index (χ1v) is 6.26. The first-order valence-electron chi connectivity index (χ1n) is 5.47. The van der Waals surface area contributed by atoms with Crippen LogP contribution in [0.3, 0.4) is 0 Å². The highest BCUT2D eigenvalue weighted by Gasteiger charge is 2.22. The van der Waals surface area contributed by atoms with Crippen molar-refractivity contribution < 1.29 is 4.92 Å². The van der Waals surface area contributed by atoms with Gasteiger partial charge in [-0.3, -0.25) is 15.0 Å². The Balaban J connectivity index is 2.17. The molecule has 6 heteroatoms. The molecule has 1 saturated heterocycles. The van der Waals surface area contributed by atoms with E-state index in [1.54, 1.807) is 12.1 Å². The van der Waals surface area contributed by atoms with Gasteiger partial charge in [0.25, 0.3) is 5.69 Å². The predicted molar refractivity (Wildman–Crippen MR) is 68.7 cm³/mol. The Hall–Kier alpha value is -0.980. The monoisotopic (exact) mass is 299 g/mol. The molecule has 2 N–H and O–H groups in total. The van der Waals surface area contributed by atoms with Crippen LogP contribution in [0.15, 0.2) is 22.7 Å². The Morgan fingerprint density at radius 1 is 1.59 bits per heavy atom. The van der Waals surface area contributed by atoms with Gasteiger partial charge in [-0.25, -0.2) is 0 Å². The highest BCUT2D eigenvalue weighted by molar-refractivity contribution is 9.10. The van der Waals surface area contributed by atoms with Crippen LogP contribution in [0.1, 0.15) is 12.0 Å². The summed E-state index contributed by atoms with van der Waals surface area (Å²) in [5, 5.41) is 11.0. The van der Waals surface area contributed by atoms with Gasteiger partial charge < -0.3 is 5.73 Å². The van der Waals surface area contributed by atoms with Crippen molar-refractivity contribution in [3.63, 3.8) is 0 Å². The van der Waals surface area contributed by atoms with E-state index in [1.165, 1.54) is 0 Å². The predicted octanol–water partition coefficient (Wildman–Crippen LogP) is 1.89. The summed E-state index contributed by atoms with van der Waals surface area (Å²) in [6.45, 7) is 2.32. The SMILES string of the molecule is N[C@H]1CCN(Cc2ccc(Br)cc2[N+](=O)[O-])C1. The fraction of sp³-hybridized carbons (Fsp3) is 0.455. The molecule has 0 aromatic heterocycles. The summed E-state index contributed by atoms with van der Waals surface area (Å²) in [4.78, 5) is 12.8. The molecule has 2 rings (SSSR count). The third kappa shape index (κ3) is 3.02. The van der Waals surface area contributed by atoms with Gasteiger partial charge in [-0.05, 0) is 18.6 Å². The van der Waals surface area contributed by atoms with Gasteiger partial charge in [0.05, 0.1) is 4.92 Å². The Kier molecular flexibility index (Phi) is 3.76. The van der Waals surface area contributed by atoms with Gasteiger partial charge >= 0.3 is 0 Å². The lowest BCUT2D eigenvalue weighted by Gasteiger charge is -2.15. The maximum absolute atomic E-state index is 11.0. The molecule has 17 heavy (non-hydrogen) atoms. The van der Waals surface area contributed by atoms with Crippen molar-refractivity contribution in [2.75, 3.05) is 13.1 Å². The van der Waals surface area contributed by atoms with Crippen LogP contribution < -0.4 is 5.73 Å². The van der Waals surface area contributed by atoms with Gasteiger partial charge in [0.2, 0.25) is 0 Å². The summed E-state index contributed by atoms with van der Waals surface area (Å²) < 4.78 is 0.728. The first kappa shape index (κ1) is 12.5. The van der Waals surface area contributed by atoms with Crippen molar-refractivity contribution in [2.24, 2.45) is 5.73 Å². The number of likely N-dealkylation sites (tertiary alicyclic amines) is 1. The second kappa shape index (κ2) is 5.12. The molecule has 0 bridgehead atoms. The van der Waals surface area contributed by atoms with Gasteiger partial charge in [0.1, 0.15) is 0 Å². The molecule has 0 saturated carbocycles. The smallest absolute Gasteiger partial charge is 0.275 e. The van der Waals surface area contributed by atoms with Crippen LogP contribution in [-0.2, 0) is 6.54 Å². The van der Waals surface area contributed by atoms with E-state index < -0.39 is 0 Å². The molecule has 92 valence electrons. The first-order chi connectivity index (χ1) is 8.06. The molecular weight excluding hydrogens is 286 g/mol. The Morgan fingerprint density at radius 3 is 2.94 bits per heavy atom. The van der Waals surface area contributed by atoms with E-state index in [0.717, 1.165) is 29.5 Å². The van der Waals surface area contributed by atoms with Gasteiger partial charge in [-0.1, -0.05) is 15.9 Å². The number of nitro benzene ring substituents is 1. The van der Waals surface area contributed by atoms with Crippen molar-refractivity contribution >= 4 is 21.6 Å². The summed E-state index contributed by atoms with van der Waals surface area (Å²) in [6, 6.07) is 5.37. The van der Waals surface area contributed by atoms with Crippen LogP contribution in [-0.4, -0.2) is 29.0 Å². The lowest BCUT2D eigenvalue weighted by atomic mass is 10.1. The minimum atomic E-state index is -0.337. The summed E-state index contributed by atoms with van der Waals surface area (Å²) in [5.74, 6) is 0. The summed E-state index contributed by atoms with van der Waals surface area (Å²) >= 11 is 3.25. The number of hydrogen-bond acceptors (Lipinski definition) is 4. The van der Waals surface area contributed by atoms with Crippen LogP contribution in [0, 0.1) is 10.1 Å². The van der Waals surface area contributed by atoms with Crippen molar-refractivity contribution in [3.05, 3.63) is 38.3 Å². The molecule has 0 spiro atoms.